The van der Waals surface area contributed by atoms with E-state index in [4.69, 9.17) is 9.26 Å². The third-order valence-electron chi connectivity index (χ3n) is 5.55. The number of ether oxygens (including phenoxy) is 1. The molecule has 0 bridgehead atoms. The first-order chi connectivity index (χ1) is 14.7. The van der Waals surface area contributed by atoms with Crippen molar-refractivity contribution in [2.75, 3.05) is 23.3 Å². The number of carbonyl (C=O) groups is 1. The summed E-state index contributed by atoms with van der Waals surface area (Å²) in [5.41, 5.74) is 3.21. The third-order valence-corrected chi connectivity index (χ3v) is 5.55. The summed E-state index contributed by atoms with van der Waals surface area (Å²) in [6, 6.07) is 15.7. The molecule has 8 heteroatoms. The standard InChI is InChI=1S/C22H19N5O3/c23-14-22(8-9-22)19-6-3-16(11-24-19)15-1-4-17(5-2-15)27-13-18(30-21(27)28)12-25-20-7-10-29-26-20/h1-7,10-11,18H,8-9,12-13H2,(H,25,26)/t18-/m1/s1. The number of nitrogens with one attached hydrogen (secondary N) is 1. The Bertz CT molecular complexity index is 1080. The van der Waals surface area contributed by atoms with E-state index in [1.165, 1.54) is 6.26 Å². The highest BCUT2D eigenvalue weighted by Crippen LogP contribution is 2.46. The van der Waals surface area contributed by atoms with Crippen molar-refractivity contribution in [1.29, 1.82) is 5.26 Å². The van der Waals surface area contributed by atoms with Crippen LogP contribution in [0.15, 0.2) is 59.4 Å². The zero-order chi connectivity index (χ0) is 20.6. The van der Waals surface area contributed by atoms with Crippen LogP contribution in [0, 0.1) is 11.3 Å². The smallest absolute Gasteiger partial charge is 0.414 e. The molecule has 2 fully saturated rings. The van der Waals surface area contributed by atoms with E-state index in [2.05, 4.69) is 21.5 Å². The highest BCUT2D eigenvalue weighted by molar-refractivity contribution is 5.90. The molecule has 1 aliphatic heterocycles. The Morgan fingerprint density at radius 3 is 2.60 bits per heavy atom. The number of benzene rings is 1. The van der Waals surface area contributed by atoms with Crippen LogP contribution in [0.4, 0.5) is 16.3 Å². The van der Waals surface area contributed by atoms with Gasteiger partial charge in [-0.2, -0.15) is 5.26 Å². The van der Waals surface area contributed by atoms with Crippen LogP contribution in [-0.2, 0) is 10.2 Å². The predicted molar refractivity (Wildman–Crippen MR) is 109 cm³/mol. The Kier molecular flexibility index (Phi) is 4.36. The number of hydrogen-bond donors (Lipinski definition) is 1. The largest absolute Gasteiger partial charge is 0.442 e. The predicted octanol–water partition coefficient (Wildman–Crippen LogP) is 3.73. The van der Waals surface area contributed by atoms with Gasteiger partial charge in [0.1, 0.15) is 12.4 Å². The first-order valence-electron chi connectivity index (χ1n) is 9.77. The van der Waals surface area contributed by atoms with Crippen LogP contribution < -0.4 is 10.2 Å². The molecule has 1 aliphatic carbocycles. The minimum Gasteiger partial charge on any atom is -0.442 e. The van der Waals surface area contributed by atoms with Crippen molar-refractivity contribution < 1.29 is 14.1 Å². The van der Waals surface area contributed by atoms with Crippen molar-refractivity contribution in [1.82, 2.24) is 10.1 Å². The lowest BCUT2D eigenvalue weighted by Crippen LogP contribution is -2.27. The van der Waals surface area contributed by atoms with Gasteiger partial charge in [0.2, 0.25) is 0 Å². The number of pyridine rings is 1. The zero-order valence-electron chi connectivity index (χ0n) is 16.1. The maximum Gasteiger partial charge on any atom is 0.414 e. The Morgan fingerprint density at radius 1 is 1.17 bits per heavy atom. The van der Waals surface area contributed by atoms with E-state index in [1.807, 2.05) is 36.4 Å². The molecule has 8 nitrogen and oxygen atoms in total. The molecule has 1 saturated carbocycles. The van der Waals surface area contributed by atoms with Crippen molar-refractivity contribution in [3.63, 3.8) is 0 Å². The number of rotatable bonds is 6. The minimum absolute atomic E-state index is 0.277. The normalized spacial score (nSPS) is 19.2. The van der Waals surface area contributed by atoms with E-state index in [-0.39, 0.29) is 17.6 Å². The lowest BCUT2D eigenvalue weighted by atomic mass is 10.0. The lowest BCUT2D eigenvalue weighted by Gasteiger charge is -2.14. The molecule has 30 heavy (non-hydrogen) atoms. The lowest BCUT2D eigenvalue weighted by molar-refractivity contribution is 0.147. The van der Waals surface area contributed by atoms with Crippen LogP contribution in [0.3, 0.4) is 0 Å². The number of anilines is 2. The van der Waals surface area contributed by atoms with Crippen LogP contribution in [-0.4, -0.2) is 35.4 Å². The second-order valence-electron chi connectivity index (χ2n) is 7.55. The van der Waals surface area contributed by atoms with Crippen molar-refractivity contribution in [2.45, 2.75) is 24.4 Å². The highest BCUT2D eigenvalue weighted by atomic mass is 16.6. The summed E-state index contributed by atoms with van der Waals surface area (Å²) in [6.07, 6.45) is 4.40. The molecule has 3 aromatic rings. The van der Waals surface area contributed by atoms with Gasteiger partial charge in [0.05, 0.1) is 30.3 Å². The molecule has 2 aliphatic rings. The summed E-state index contributed by atoms with van der Waals surface area (Å²) in [7, 11) is 0. The molecule has 1 amide bonds. The maximum atomic E-state index is 12.3. The van der Waals surface area contributed by atoms with Crippen LogP contribution >= 0.6 is 0 Å². The molecule has 150 valence electrons. The number of nitriles is 1. The first kappa shape index (κ1) is 18.2. The van der Waals surface area contributed by atoms with Gasteiger partial charge in [0.15, 0.2) is 5.82 Å². The Balaban J connectivity index is 1.25. The summed E-state index contributed by atoms with van der Waals surface area (Å²) < 4.78 is 10.2. The molecule has 0 unspecified atom stereocenters. The Labute approximate surface area is 173 Å². The van der Waals surface area contributed by atoms with E-state index in [0.29, 0.717) is 18.9 Å². The van der Waals surface area contributed by atoms with Crippen molar-refractivity contribution in [3.05, 3.63) is 60.6 Å². The van der Waals surface area contributed by atoms with Gasteiger partial charge in [-0.05, 0) is 36.6 Å². The van der Waals surface area contributed by atoms with Crippen LogP contribution in [0.2, 0.25) is 0 Å². The van der Waals surface area contributed by atoms with Gasteiger partial charge in [-0.25, -0.2) is 4.79 Å². The topological polar surface area (TPSA) is 104 Å². The summed E-state index contributed by atoms with van der Waals surface area (Å²) in [5, 5.41) is 16.2. The summed E-state index contributed by atoms with van der Waals surface area (Å²) in [4.78, 5) is 18.4. The van der Waals surface area contributed by atoms with Gasteiger partial charge in [-0.15, -0.1) is 0 Å². The number of amides is 1. The van der Waals surface area contributed by atoms with Crippen LogP contribution in [0.25, 0.3) is 11.1 Å². The molecule has 3 heterocycles. The second-order valence-corrected chi connectivity index (χ2v) is 7.55. The summed E-state index contributed by atoms with van der Waals surface area (Å²) >= 11 is 0. The Morgan fingerprint density at radius 2 is 1.97 bits per heavy atom. The van der Waals surface area contributed by atoms with Crippen molar-refractivity contribution in [2.24, 2.45) is 0 Å². The molecule has 1 atom stereocenters. The second kappa shape index (κ2) is 7.19. The maximum absolute atomic E-state index is 12.3. The number of carbonyl (C=O) groups excluding carboxylic acids is 1. The third kappa shape index (κ3) is 3.35. The molecular formula is C22H19N5O3. The molecule has 2 aromatic heterocycles. The average molecular weight is 401 g/mol. The van der Waals surface area contributed by atoms with E-state index >= 15 is 0 Å². The molecule has 1 N–H and O–H groups in total. The SMILES string of the molecule is N#CC1(c2ccc(-c3ccc(N4C[C@@H](CNc5ccon5)OC4=O)cc3)cn2)CC1. The fourth-order valence-corrected chi connectivity index (χ4v) is 3.59. The molecule has 1 aromatic carbocycles. The van der Waals surface area contributed by atoms with Crippen molar-refractivity contribution in [3.8, 4) is 17.2 Å². The average Bonchev–Trinajstić information content (AvgIpc) is 3.23. The fourth-order valence-electron chi connectivity index (χ4n) is 3.59. The van der Waals surface area contributed by atoms with Gasteiger partial charge in [-0.3, -0.25) is 9.88 Å². The van der Waals surface area contributed by atoms with E-state index < -0.39 is 0 Å². The van der Waals surface area contributed by atoms with Gasteiger partial charge in [0, 0.05) is 23.5 Å². The van der Waals surface area contributed by atoms with E-state index in [1.54, 1.807) is 17.2 Å². The monoisotopic (exact) mass is 401 g/mol. The van der Waals surface area contributed by atoms with Gasteiger partial charge in [-0.1, -0.05) is 23.4 Å². The van der Waals surface area contributed by atoms with Crippen LogP contribution in [0.1, 0.15) is 18.5 Å². The Hall–Kier alpha value is -3.86. The van der Waals surface area contributed by atoms with E-state index in [9.17, 15) is 10.1 Å². The number of hydrogen-bond acceptors (Lipinski definition) is 7. The number of nitrogens with zero attached hydrogens (tertiary/aromatic N) is 4. The molecule has 0 radical (unpaired) electrons. The quantitative estimate of drug-likeness (QED) is 0.671. The summed E-state index contributed by atoms with van der Waals surface area (Å²) in [5.74, 6) is 0.607. The van der Waals surface area contributed by atoms with E-state index in [0.717, 1.165) is 35.3 Å². The minimum atomic E-state index is -0.377. The highest BCUT2D eigenvalue weighted by Gasteiger charge is 2.46. The van der Waals surface area contributed by atoms with Gasteiger partial charge < -0.3 is 14.6 Å². The number of cyclic esters (lactones) is 1. The van der Waals surface area contributed by atoms with Crippen LogP contribution in [0.5, 0.6) is 0 Å². The zero-order valence-corrected chi connectivity index (χ0v) is 16.1. The molecule has 5 rings (SSSR count). The van der Waals surface area contributed by atoms with Gasteiger partial charge >= 0.3 is 6.09 Å². The van der Waals surface area contributed by atoms with Gasteiger partial charge in [0.25, 0.3) is 0 Å². The molecule has 1 saturated heterocycles. The molecular weight excluding hydrogens is 382 g/mol. The summed E-state index contributed by atoms with van der Waals surface area (Å²) in [6.45, 7) is 0.907. The molecule has 0 spiro atoms. The fraction of sp³-hybridized carbons (Fsp3) is 0.273. The first-order valence-corrected chi connectivity index (χ1v) is 9.77. The number of aromatic nitrogens is 2. The van der Waals surface area contributed by atoms with Crippen molar-refractivity contribution >= 4 is 17.6 Å².